The third-order valence-electron chi connectivity index (χ3n) is 4.37. The molecule has 5 nitrogen and oxygen atoms in total. The van der Waals surface area contributed by atoms with Crippen LogP contribution in [0.15, 0.2) is 28.7 Å². The zero-order valence-corrected chi connectivity index (χ0v) is 13.1. The lowest BCUT2D eigenvalue weighted by atomic mass is 9.96. The van der Waals surface area contributed by atoms with Gasteiger partial charge in [0.2, 0.25) is 5.91 Å². The maximum atomic E-state index is 12.2. The van der Waals surface area contributed by atoms with E-state index in [1.807, 2.05) is 36.1 Å². The van der Waals surface area contributed by atoms with E-state index in [0.717, 1.165) is 42.9 Å². The van der Waals surface area contributed by atoms with E-state index in [2.05, 4.69) is 4.98 Å². The summed E-state index contributed by atoms with van der Waals surface area (Å²) in [6.07, 6.45) is 2.23. The van der Waals surface area contributed by atoms with Gasteiger partial charge in [0.25, 0.3) is 0 Å². The molecule has 1 aliphatic rings. The lowest BCUT2D eigenvalue weighted by Gasteiger charge is -2.31. The van der Waals surface area contributed by atoms with Crippen molar-refractivity contribution in [2.45, 2.75) is 38.2 Å². The largest absolute Gasteiger partial charge is 0.440 e. The summed E-state index contributed by atoms with van der Waals surface area (Å²) >= 11 is 0. The molecule has 118 valence electrons. The normalized spacial score (nSPS) is 17.8. The fourth-order valence-corrected chi connectivity index (χ4v) is 2.90. The number of rotatable bonds is 4. The van der Waals surface area contributed by atoms with E-state index in [9.17, 15) is 4.79 Å². The fraction of sp³-hybridized carbons (Fsp3) is 0.529. The third-order valence-corrected chi connectivity index (χ3v) is 4.37. The molecule has 0 saturated carbocycles. The van der Waals surface area contributed by atoms with Gasteiger partial charge in [-0.1, -0.05) is 12.1 Å². The number of ether oxygens (including phenoxy) is 1. The summed E-state index contributed by atoms with van der Waals surface area (Å²) in [6.45, 7) is 3.44. The van der Waals surface area contributed by atoms with Gasteiger partial charge < -0.3 is 14.1 Å². The number of para-hydroxylation sites is 2. The van der Waals surface area contributed by atoms with Crippen molar-refractivity contribution in [3.8, 4) is 0 Å². The van der Waals surface area contributed by atoms with Crippen molar-refractivity contribution in [1.29, 1.82) is 0 Å². The molecule has 1 unspecified atom stereocenters. The Morgan fingerprint density at radius 2 is 2.14 bits per heavy atom. The molecule has 0 aliphatic carbocycles. The van der Waals surface area contributed by atoms with E-state index in [-0.39, 0.29) is 12.0 Å². The monoisotopic (exact) mass is 302 g/mol. The first-order valence-electron chi connectivity index (χ1n) is 7.83. The number of hydrogen-bond acceptors (Lipinski definition) is 4. The van der Waals surface area contributed by atoms with Crippen LogP contribution in [0.25, 0.3) is 11.1 Å². The van der Waals surface area contributed by atoms with Crippen molar-refractivity contribution < 1.29 is 13.9 Å². The van der Waals surface area contributed by atoms with Gasteiger partial charge in [0, 0.05) is 26.1 Å². The fourth-order valence-electron chi connectivity index (χ4n) is 2.90. The van der Waals surface area contributed by atoms with Gasteiger partial charge in [0.1, 0.15) is 5.52 Å². The highest BCUT2D eigenvalue weighted by Crippen LogP contribution is 2.30. The van der Waals surface area contributed by atoms with E-state index < -0.39 is 0 Å². The third kappa shape index (κ3) is 3.14. The number of hydrogen-bond donors (Lipinski definition) is 0. The van der Waals surface area contributed by atoms with E-state index in [4.69, 9.17) is 9.15 Å². The number of carbonyl (C=O) groups excluding carboxylic acids is 1. The number of likely N-dealkylation sites (tertiary alicyclic amines) is 1. The number of carbonyl (C=O) groups is 1. The van der Waals surface area contributed by atoms with E-state index in [0.29, 0.717) is 12.3 Å². The second-order valence-corrected chi connectivity index (χ2v) is 5.93. The number of methoxy groups -OCH3 is 1. The summed E-state index contributed by atoms with van der Waals surface area (Å²) in [7, 11) is 1.64. The Morgan fingerprint density at radius 1 is 1.41 bits per heavy atom. The predicted molar refractivity (Wildman–Crippen MR) is 83.7 cm³/mol. The average Bonchev–Trinajstić information content (AvgIpc) is 2.98. The summed E-state index contributed by atoms with van der Waals surface area (Å²) in [6, 6.07) is 7.83. The van der Waals surface area contributed by atoms with E-state index in [1.54, 1.807) is 7.11 Å². The number of nitrogens with zero attached hydrogens (tertiary/aromatic N) is 2. The molecule has 1 aromatic heterocycles. The van der Waals surface area contributed by atoms with Gasteiger partial charge in [-0.25, -0.2) is 4.98 Å². The van der Waals surface area contributed by atoms with Gasteiger partial charge in [0.15, 0.2) is 11.5 Å². The van der Waals surface area contributed by atoms with Gasteiger partial charge in [-0.15, -0.1) is 0 Å². The lowest BCUT2D eigenvalue weighted by molar-refractivity contribution is -0.134. The van der Waals surface area contributed by atoms with E-state index >= 15 is 0 Å². The number of aromatic nitrogens is 1. The minimum absolute atomic E-state index is 0.0257. The topological polar surface area (TPSA) is 55.6 Å². The molecule has 1 aromatic carbocycles. The summed E-state index contributed by atoms with van der Waals surface area (Å²) in [5.41, 5.74) is 1.75. The van der Waals surface area contributed by atoms with Crippen molar-refractivity contribution in [2.24, 2.45) is 0 Å². The predicted octanol–water partition coefficient (Wildman–Crippen LogP) is 2.96. The van der Waals surface area contributed by atoms with Crippen LogP contribution in [0.3, 0.4) is 0 Å². The Bertz CT molecular complexity index is 611. The average molecular weight is 302 g/mol. The zero-order chi connectivity index (χ0) is 15.5. The molecular formula is C17H22N2O3. The summed E-state index contributed by atoms with van der Waals surface area (Å²) < 4.78 is 11.0. The van der Waals surface area contributed by atoms with Gasteiger partial charge in [0.05, 0.1) is 12.5 Å². The van der Waals surface area contributed by atoms with Crippen LogP contribution >= 0.6 is 0 Å². The zero-order valence-electron chi connectivity index (χ0n) is 13.1. The van der Waals surface area contributed by atoms with Gasteiger partial charge in [-0.05, 0) is 31.9 Å². The minimum atomic E-state index is -0.0257. The first-order chi connectivity index (χ1) is 10.7. The second kappa shape index (κ2) is 6.48. The van der Waals surface area contributed by atoms with Gasteiger partial charge in [-0.3, -0.25) is 4.79 Å². The number of piperidine rings is 1. The lowest BCUT2D eigenvalue weighted by Crippen LogP contribution is -2.39. The highest BCUT2D eigenvalue weighted by molar-refractivity contribution is 5.76. The number of benzene rings is 1. The molecule has 2 aromatic rings. The first-order valence-corrected chi connectivity index (χ1v) is 7.83. The molecule has 0 spiro atoms. The van der Waals surface area contributed by atoms with E-state index in [1.165, 1.54) is 0 Å². The van der Waals surface area contributed by atoms with Crippen LogP contribution in [0.1, 0.15) is 38.0 Å². The van der Waals surface area contributed by atoms with Crippen molar-refractivity contribution in [3.05, 3.63) is 30.2 Å². The SMILES string of the molecule is COC(C)CC(=O)N1CCC(c2nc3ccccc3o2)CC1. The molecule has 1 aliphatic heterocycles. The highest BCUT2D eigenvalue weighted by Gasteiger charge is 2.27. The molecule has 1 atom stereocenters. The maximum absolute atomic E-state index is 12.2. The van der Waals surface area contributed by atoms with Crippen LogP contribution in [-0.4, -0.2) is 42.1 Å². The van der Waals surface area contributed by atoms with Crippen molar-refractivity contribution in [1.82, 2.24) is 9.88 Å². The van der Waals surface area contributed by atoms with Crippen LogP contribution in [0.2, 0.25) is 0 Å². The molecule has 2 heterocycles. The van der Waals surface area contributed by atoms with Crippen LogP contribution in [0.5, 0.6) is 0 Å². The summed E-state index contributed by atoms with van der Waals surface area (Å²) in [5, 5.41) is 0. The standard InChI is InChI=1S/C17H22N2O3/c1-12(21-2)11-16(20)19-9-7-13(8-10-19)17-18-14-5-3-4-6-15(14)22-17/h3-6,12-13H,7-11H2,1-2H3. The summed E-state index contributed by atoms with van der Waals surface area (Å²) in [5.74, 6) is 1.28. The Hall–Kier alpha value is -1.88. The number of oxazole rings is 1. The Kier molecular flexibility index (Phi) is 4.43. The van der Waals surface area contributed by atoms with Crippen LogP contribution < -0.4 is 0 Å². The minimum Gasteiger partial charge on any atom is -0.440 e. The molecule has 3 rings (SSSR count). The van der Waals surface area contributed by atoms with Gasteiger partial charge >= 0.3 is 0 Å². The highest BCUT2D eigenvalue weighted by atomic mass is 16.5. The Labute approximate surface area is 130 Å². The van der Waals surface area contributed by atoms with Crippen LogP contribution in [-0.2, 0) is 9.53 Å². The molecule has 1 fully saturated rings. The molecule has 0 N–H and O–H groups in total. The van der Waals surface area contributed by atoms with Crippen LogP contribution in [0.4, 0.5) is 0 Å². The number of amides is 1. The smallest absolute Gasteiger partial charge is 0.225 e. The van der Waals surface area contributed by atoms with Crippen molar-refractivity contribution in [3.63, 3.8) is 0 Å². The second-order valence-electron chi connectivity index (χ2n) is 5.93. The molecule has 22 heavy (non-hydrogen) atoms. The molecular weight excluding hydrogens is 280 g/mol. The molecule has 0 radical (unpaired) electrons. The number of fused-ring (bicyclic) bond motifs is 1. The molecule has 0 bridgehead atoms. The van der Waals surface area contributed by atoms with Crippen molar-refractivity contribution >= 4 is 17.0 Å². The van der Waals surface area contributed by atoms with Gasteiger partial charge in [-0.2, -0.15) is 0 Å². The quantitative estimate of drug-likeness (QED) is 0.871. The summed E-state index contributed by atoms with van der Waals surface area (Å²) in [4.78, 5) is 18.7. The Balaban J connectivity index is 1.60. The molecule has 1 amide bonds. The van der Waals surface area contributed by atoms with Crippen molar-refractivity contribution in [2.75, 3.05) is 20.2 Å². The Morgan fingerprint density at radius 3 is 2.82 bits per heavy atom. The first kappa shape index (κ1) is 15.0. The maximum Gasteiger partial charge on any atom is 0.225 e. The van der Waals surface area contributed by atoms with Crippen LogP contribution in [0, 0.1) is 0 Å². The molecule has 5 heteroatoms. The molecule has 1 saturated heterocycles.